The van der Waals surface area contributed by atoms with E-state index in [1.165, 1.54) is 0 Å². The predicted molar refractivity (Wildman–Crippen MR) is 63.5 cm³/mol. The SMILES string of the molecule is COc1ccc([C@@]23C(=O)CC[C@H]2[C@H]3C(=O)O)cc1. The number of methoxy groups -OCH3 is 1. The van der Waals surface area contributed by atoms with Crippen LogP contribution in [0.4, 0.5) is 0 Å². The van der Waals surface area contributed by atoms with Crippen LogP contribution in [0.25, 0.3) is 0 Å². The Morgan fingerprint density at radius 1 is 1.39 bits per heavy atom. The van der Waals surface area contributed by atoms with Crippen molar-refractivity contribution in [3.63, 3.8) is 0 Å². The number of aliphatic carboxylic acids is 1. The normalized spacial score (nSPS) is 33.1. The fraction of sp³-hybridized carbons (Fsp3) is 0.429. The van der Waals surface area contributed by atoms with Crippen LogP contribution in [0.2, 0.25) is 0 Å². The molecule has 4 nitrogen and oxygen atoms in total. The average Bonchev–Trinajstić information content (AvgIpc) is 2.96. The summed E-state index contributed by atoms with van der Waals surface area (Å²) in [5, 5.41) is 9.23. The second-order valence-electron chi connectivity index (χ2n) is 4.98. The van der Waals surface area contributed by atoms with E-state index in [4.69, 9.17) is 4.74 Å². The monoisotopic (exact) mass is 246 g/mol. The first kappa shape index (κ1) is 11.3. The number of carbonyl (C=O) groups excluding carboxylic acids is 1. The Labute approximate surface area is 105 Å². The third kappa shape index (κ3) is 1.20. The van der Waals surface area contributed by atoms with Crippen LogP contribution in [0, 0.1) is 11.8 Å². The number of benzene rings is 1. The van der Waals surface area contributed by atoms with Gasteiger partial charge in [-0.15, -0.1) is 0 Å². The van der Waals surface area contributed by atoms with Crippen molar-refractivity contribution in [2.24, 2.45) is 11.8 Å². The van der Waals surface area contributed by atoms with Crippen LogP contribution in [-0.2, 0) is 15.0 Å². The Kier molecular flexibility index (Phi) is 2.24. The van der Waals surface area contributed by atoms with E-state index in [9.17, 15) is 14.7 Å². The third-order valence-corrected chi connectivity index (χ3v) is 4.35. The number of carbonyl (C=O) groups is 2. The second kappa shape index (κ2) is 3.57. The summed E-state index contributed by atoms with van der Waals surface area (Å²) in [5.41, 5.74) is 0.0705. The van der Waals surface area contributed by atoms with E-state index in [2.05, 4.69) is 0 Å². The van der Waals surface area contributed by atoms with E-state index in [0.29, 0.717) is 18.6 Å². The summed E-state index contributed by atoms with van der Waals surface area (Å²) in [5.74, 6) is -0.623. The molecule has 2 aliphatic carbocycles. The quantitative estimate of drug-likeness (QED) is 0.880. The number of Topliss-reactive ketones (excluding diaryl/α,β-unsaturated/α-hetero) is 1. The molecule has 1 N–H and O–H groups in total. The van der Waals surface area contributed by atoms with Crippen LogP contribution in [-0.4, -0.2) is 24.0 Å². The lowest BCUT2D eigenvalue weighted by atomic mass is 9.89. The van der Waals surface area contributed by atoms with E-state index >= 15 is 0 Å². The summed E-state index contributed by atoms with van der Waals surface area (Å²) in [7, 11) is 1.58. The Hall–Kier alpha value is -1.84. The first-order chi connectivity index (χ1) is 8.62. The van der Waals surface area contributed by atoms with Gasteiger partial charge in [0.2, 0.25) is 0 Å². The molecule has 2 fully saturated rings. The van der Waals surface area contributed by atoms with Gasteiger partial charge < -0.3 is 9.84 Å². The number of carboxylic acid groups (broad SMARTS) is 1. The van der Waals surface area contributed by atoms with Gasteiger partial charge >= 0.3 is 5.97 Å². The van der Waals surface area contributed by atoms with Gasteiger partial charge in [-0.3, -0.25) is 9.59 Å². The van der Waals surface area contributed by atoms with Gasteiger partial charge in [-0.25, -0.2) is 0 Å². The van der Waals surface area contributed by atoms with Crippen LogP contribution in [0.1, 0.15) is 18.4 Å². The summed E-state index contributed by atoms with van der Waals surface area (Å²) in [4.78, 5) is 23.4. The molecule has 94 valence electrons. The molecule has 0 saturated heterocycles. The lowest BCUT2D eigenvalue weighted by Crippen LogP contribution is -2.23. The van der Waals surface area contributed by atoms with Crippen LogP contribution < -0.4 is 4.74 Å². The molecular formula is C14H14O4. The second-order valence-corrected chi connectivity index (χ2v) is 4.98. The lowest BCUT2D eigenvalue weighted by molar-refractivity contribution is -0.141. The average molecular weight is 246 g/mol. The topological polar surface area (TPSA) is 63.6 Å². The molecular weight excluding hydrogens is 232 g/mol. The molecule has 0 heterocycles. The molecule has 0 radical (unpaired) electrons. The van der Waals surface area contributed by atoms with Gasteiger partial charge in [-0.05, 0) is 30.0 Å². The molecule has 0 aromatic heterocycles. The Morgan fingerprint density at radius 2 is 2.06 bits per heavy atom. The van der Waals surface area contributed by atoms with E-state index < -0.39 is 17.3 Å². The largest absolute Gasteiger partial charge is 0.497 e. The van der Waals surface area contributed by atoms with E-state index in [-0.39, 0.29) is 11.7 Å². The first-order valence-electron chi connectivity index (χ1n) is 6.03. The van der Waals surface area contributed by atoms with Gasteiger partial charge in [0.15, 0.2) is 0 Å². The molecule has 4 heteroatoms. The summed E-state index contributed by atoms with van der Waals surface area (Å²) in [6.45, 7) is 0. The minimum atomic E-state index is -0.858. The number of carboxylic acids is 1. The number of ketones is 1. The zero-order valence-corrected chi connectivity index (χ0v) is 10.1. The van der Waals surface area contributed by atoms with Crippen molar-refractivity contribution >= 4 is 11.8 Å². The maximum absolute atomic E-state index is 12.1. The third-order valence-electron chi connectivity index (χ3n) is 4.35. The summed E-state index contributed by atoms with van der Waals surface area (Å²) in [6, 6.07) is 7.20. The van der Waals surface area contributed by atoms with Crippen molar-refractivity contribution in [3.8, 4) is 5.75 Å². The minimum absolute atomic E-state index is 0.0177. The van der Waals surface area contributed by atoms with Gasteiger partial charge in [0.1, 0.15) is 11.5 Å². The smallest absolute Gasteiger partial charge is 0.308 e. The molecule has 1 aromatic carbocycles. The van der Waals surface area contributed by atoms with Crippen molar-refractivity contribution in [2.45, 2.75) is 18.3 Å². The molecule has 0 spiro atoms. The Morgan fingerprint density at radius 3 is 2.56 bits per heavy atom. The summed E-state index contributed by atoms with van der Waals surface area (Å²) in [6.07, 6.45) is 1.20. The lowest BCUT2D eigenvalue weighted by Gasteiger charge is -2.13. The maximum atomic E-state index is 12.1. The van der Waals surface area contributed by atoms with Gasteiger partial charge in [0, 0.05) is 6.42 Å². The zero-order valence-electron chi connectivity index (χ0n) is 10.1. The Balaban J connectivity index is 2.02. The predicted octanol–water partition coefficient (Wildman–Crippen LogP) is 1.63. The Bertz CT molecular complexity index is 519. The zero-order chi connectivity index (χ0) is 12.9. The highest BCUT2D eigenvalue weighted by molar-refractivity contribution is 6.03. The van der Waals surface area contributed by atoms with Crippen LogP contribution in [0.3, 0.4) is 0 Å². The first-order valence-corrected chi connectivity index (χ1v) is 6.03. The summed E-state index contributed by atoms with van der Waals surface area (Å²) < 4.78 is 5.08. The molecule has 1 aromatic rings. The number of hydrogen-bond acceptors (Lipinski definition) is 3. The molecule has 0 unspecified atom stereocenters. The van der Waals surface area contributed by atoms with Crippen LogP contribution in [0.15, 0.2) is 24.3 Å². The molecule has 0 amide bonds. The highest BCUT2D eigenvalue weighted by Crippen LogP contribution is 2.67. The fourth-order valence-electron chi connectivity index (χ4n) is 3.52. The van der Waals surface area contributed by atoms with Crippen LogP contribution >= 0.6 is 0 Å². The van der Waals surface area contributed by atoms with E-state index in [1.54, 1.807) is 19.2 Å². The molecule has 2 saturated carbocycles. The van der Waals surface area contributed by atoms with Gasteiger partial charge in [-0.2, -0.15) is 0 Å². The molecule has 2 aliphatic rings. The highest BCUT2D eigenvalue weighted by Gasteiger charge is 2.75. The van der Waals surface area contributed by atoms with Gasteiger partial charge in [0.25, 0.3) is 0 Å². The van der Waals surface area contributed by atoms with Gasteiger partial charge in [-0.1, -0.05) is 12.1 Å². The standard InChI is InChI=1S/C14H14O4/c1-18-9-4-2-8(3-5-9)14-10(6-7-11(14)15)12(14)13(16)17/h2-5,10,12H,6-7H2,1H3,(H,16,17)/t10-,12-,14-/m0/s1. The minimum Gasteiger partial charge on any atom is -0.497 e. The number of hydrogen-bond donors (Lipinski definition) is 1. The van der Waals surface area contributed by atoms with Crippen LogP contribution in [0.5, 0.6) is 5.75 Å². The number of ether oxygens (including phenoxy) is 1. The van der Waals surface area contributed by atoms with Gasteiger partial charge in [0.05, 0.1) is 18.4 Å². The van der Waals surface area contributed by atoms with Crippen molar-refractivity contribution in [1.29, 1.82) is 0 Å². The molecule has 0 aliphatic heterocycles. The van der Waals surface area contributed by atoms with Crippen molar-refractivity contribution in [3.05, 3.63) is 29.8 Å². The number of rotatable bonds is 3. The van der Waals surface area contributed by atoms with Crippen molar-refractivity contribution in [1.82, 2.24) is 0 Å². The van der Waals surface area contributed by atoms with Crippen molar-refractivity contribution in [2.75, 3.05) is 7.11 Å². The molecule has 18 heavy (non-hydrogen) atoms. The van der Waals surface area contributed by atoms with Crippen molar-refractivity contribution < 1.29 is 19.4 Å². The molecule has 3 rings (SSSR count). The number of fused-ring (bicyclic) bond motifs is 1. The summed E-state index contributed by atoms with van der Waals surface area (Å²) >= 11 is 0. The maximum Gasteiger partial charge on any atom is 0.308 e. The molecule has 3 atom stereocenters. The highest BCUT2D eigenvalue weighted by atomic mass is 16.5. The van der Waals surface area contributed by atoms with E-state index in [0.717, 1.165) is 5.56 Å². The molecule has 0 bridgehead atoms. The van der Waals surface area contributed by atoms with E-state index in [1.807, 2.05) is 12.1 Å². The fourth-order valence-corrected chi connectivity index (χ4v) is 3.52.